The summed E-state index contributed by atoms with van der Waals surface area (Å²) in [4.78, 5) is 14.5. The van der Waals surface area contributed by atoms with Crippen LogP contribution >= 0.6 is 0 Å². The molecule has 0 saturated carbocycles. The Kier molecular flexibility index (Phi) is 6.02. The summed E-state index contributed by atoms with van der Waals surface area (Å²) in [5.74, 6) is 0.775. The van der Waals surface area contributed by atoms with Crippen molar-refractivity contribution in [3.8, 4) is 5.75 Å². The van der Waals surface area contributed by atoms with Gasteiger partial charge in [0.2, 0.25) is 0 Å². The number of Topliss-reactive ketones (excluding diaryl/α,β-unsaturated/α-hetero) is 1. The molecule has 5 nitrogen and oxygen atoms in total. The van der Waals surface area contributed by atoms with Crippen LogP contribution in [0.3, 0.4) is 0 Å². The molecule has 1 aliphatic rings. The molecule has 1 aromatic rings. The summed E-state index contributed by atoms with van der Waals surface area (Å²) < 4.78 is 10.8. The van der Waals surface area contributed by atoms with Gasteiger partial charge in [0.15, 0.2) is 5.78 Å². The number of morpholine rings is 1. The predicted octanol–water partition coefficient (Wildman–Crippen LogP) is 1.96. The number of carbonyl (C=O) groups excluding carboxylic acids is 1. The molecular formula is C16H24N2O3. The lowest BCUT2D eigenvalue weighted by Gasteiger charge is -2.26. The van der Waals surface area contributed by atoms with Gasteiger partial charge in [0, 0.05) is 31.6 Å². The van der Waals surface area contributed by atoms with Crippen molar-refractivity contribution < 1.29 is 14.3 Å². The fraction of sp³-hybridized carbons (Fsp3) is 0.562. The van der Waals surface area contributed by atoms with Gasteiger partial charge in [-0.2, -0.15) is 0 Å². The summed E-state index contributed by atoms with van der Waals surface area (Å²) in [6.07, 6.45) is 1.44. The molecule has 2 rings (SSSR count). The van der Waals surface area contributed by atoms with E-state index < -0.39 is 0 Å². The molecule has 5 heteroatoms. The zero-order valence-electron chi connectivity index (χ0n) is 12.6. The average molecular weight is 292 g/mol. The number of hydrogen-bond acceptors (Lipinski definition) is 5. The number of hydrogen-bond donors (Lipinski definition) is 1. The van der Waals surface area contributed by atoms with Gasteiger partial charge in [-0.15, -0.1) is 0 Å². The van der Waals surface area contributed by atoms with Crippen LogP contribution in [0, 0.1) is 0 Å². The van der Waals surface area contributed by atoms with E-state index in [9.17, 15) is 4.79 Å². The minimum absolute atomic E-state index is 0.121. The van der Waals surface area contributed by atoms with Gasteiger partial charge in [0.05, 0.1) is 25.5 Å². The molecule has 1 fully saturated rings. The van der Waals surface area contributed by atoms with Gasteiger partial charge in [-0.05, 0) is 24.6 Å². The van der Waals surface area contributed by atoms with E-state index in [1.165, 1.54) is 0 Å². The van der Waals surface area contributed by atoms with Crippen molar-refractivity contribution in [2.45, 2.75) is 19.8 Å². The van der Waals surface area contributed by atoms with Crippen molar-refractivity contribution in [3.05, 3.63) is 23.8 Å². The maximum Gasteiger partial charge on any atom is 0.164 e. The maximum absolute atomic E-state index is 12.2. The standard InChI is InChI=1S/C16H24N2O3/c1-2-9-21-16-4-3-13(12-14(16)17)15(19)5-6-18-7-10-20-11-8-18/h3-4,12H,2,5-11,17H2,1H3. The smallest absolute Gasteiger partial charge is 0.164 e. The van der Waals surface area contributed by atoms with E-state index in [2.05, 4.69) is 4.90 Å². The largest absolute Gasteiger partial charge is 0.491 e. The number of nitrogens with two attached hydrogens (primary N) is 1. The normalized spacial score (nSPS) is 15.9. The van der Waals surface area contributed by atoms with Gasteiger partial charge in [0.25, 0.3) is 0 Å². The molecule has 1 saturated heterocycles. The Labute approximate surface area is 126 Å². The zero-order chi connectivity index (χ0) is 15.1. The van der Waals surface area contributed by atoms with Crippen molar-refractivity contribution in [1.29, 1.82) is 0 Å². The number of anilines is 1. The molecule has 0 bridgehead atoms. The van der Waals surface area contributed by atoms with Crippen molar-refractivity contribution in [2.75, 3.05) is 45.2 Å². The lowest BCUT2D eigenvalue weighted by molar-refractivity contribution is 0.0370. The molecule has 0 spiro atoms. The molecular weight excluding hydrogens is 268 g/mol. The molecule has 0 amide bonds. The fourth-order valence-electron chi connectivity index (χ4n) is 2.29. The van der Waals surface area contributed by atoms with Crippen LogP contribution in [0.25, 0.3) is 0 Å². The highest BCUT2D eigenvalue weighted by atomic mass is 16.5. The Morgan fingerprint density at radius 1 is 1.38 bits per heavy atom. The van der Waals surface area contributed by atoms with E-state index in [0.29, 0.717) is 30.0 Å². The number of ketones is 1. The minimum Gasteiger partial charge on any atom is -0.491 e. The Hall–Kier alpha value is -1.59. The average Bonchev–Trinajstić information content (AvgIpc) is 2.52. The summed E-state index contributed by atoms with van der Waals surface area (Å²) >= 11 is 0. The van der Waals surface area contributed by atoms with Gasteiger partial charge in [0.1, 0.15) is 5.75 Å². The molecule has 0 aromatic heterocycles. The topological polar surface area (TPSA) is 64.8 Å². The summed E-state index contributed by atoms with van der Waals surface area (Å²) in [6.45, 7) is 6.76. The molecule has 21 heavy (non-hydrogen) atoms. The summed E-state index contributed by atoms with van der Waals surface area (Å²) in [7, 11) is 0. The lowest BCUT2D eigenvalue weighted by atomic mass is 10.1. The zero-order valence-corrected chi connectivity index (χ0v) is 12.6. The monoisotopic (exact) mass is 292 g/mol. The van der Waals surface area contributed by atoms with Crippen LogP contribution in [0.1, 0.15) is 30.1 Å². The third kappa shape index (κ3) is 4.72. The first kappa shape index (κ1) is 15.8. The summed E-state index contributed by atoms with van der Waals surface area (Å²) in [5.41, 5.74) is 7.12. The van der Waals surface area contributed by atoms with Crippen LogP contribution in [0.5, 0.6) is 5.75 Å². The lowest BCUT2D eigenvalue weighted by Crippen LogP contribution is -2.37. The fourth-order valence-corrected chi connectivity index (χ4v) is 2.29. The molecule has 1 aliphatic heterocycles. The molecule has 0 unspecified atom stereocenters. The second-order valence-electron chi connectivity index (χ2n) is 5.23. The Balaban J connectivity index is 1.88. The highest BCUT2D eigenvalue weighted by Gasteiger charge is 2.14. The van der Waals surface area contributed by atoms with Crippen molar-refractivity contribution in [3.63, 3.8) is 0 Å². The first-order chi connectivity index (χ1) is 10.2. The van der Waals surface area contributed by atoms with Gasteiger partial charge in [-0.1, -0.05) is 6.92 Å². The van der Waals surface area contributed by atoms with E-state index in [-0.39, 0.29) is 5.78 Å². The van der Waals surface area contributed by atoms with Crippen LogP contribution in [-0.2, 0) is 4.74 Å². The van der Waals surface area contributed by atoms with E-state index in [4.69, 9.17) is 15.2 Å². The highest BCUT2D eigenvalue weighted by molar-refractivity contribution is 5.97. The third-order valence-electron chi connectivity index (χ3n) is 3.55. The Morgan fingerprint density at radius 2 is 2.14 bits per heavy atom. The second-order valence-corrected chi connectivity index (χ2v) is 5.23. The molecule has 0 atom stereocenters. The van der Waals surface area contributed by atoms with Crippen LogP contribution in [0.2, 0.25) is 0 Å². The van der Waals surface area contributed by atoms with Gasteiger partial charge >= 0.3 is 0 Å². The third-order valence-corrected chi connectivity index (χ3v) is 3.55. The van der Waals surface area contributed by atoms with Crippen molar-refractivity contribution in [1.82, 2.24) is 4.90 Å². The molecule has 1 heterocycles. The van der Waals surface area contributed by atoms with E-state index >= 15 is 0 Å². The van der Waals surface area contributed by atoms with Gasteiger partial charge in [-0.25, -0.2) is 0 Å². The van der Waals surface area contributed by atoms with Crippen LogP contribution in [0.15, 0.2) is 18.2 Å². The van der Waals surface area contributed by atoms with Gasteiger partial charge < -0.3 is 15.2 Å². The maximum atomic E-state index is 12.2. The Bertz CT molecular complexity index is 471. The van der Waals surface area contributed by atoms with E-state index in [1.54, 1.807) is 18.2 Å². The van der Waals surface area contributed by atoms with Crippen LogP contribution < -0.4 is 10.5 Å². The van der Waals surface area contributed by atoms with Crippen molar-refractivity contribution >= 4 is 11.5 Å². The number of nitrogens with zero attached hydrogens (tertiary/aromatic N) is 1. The van der Waals surface area contributed by atoms with Crippen LogP contribution in [0.4, 0.5) is 5.69 Å². The number of benzene rings is 1. The number of rotatable bonds is 7. The van der Waals surface area contributed by atoms with E-state index in [0.717, 1.165) is 39.3 Å². The molecule has 1 aromatic carbocycles. The quantitative estimate of drug-likeness (QED) is 0.615. The number of ether oxygens (including phenoxy) is 2. The molecule has 0 aliphatic carbocycles. The van der Waals surface area contributed by atoms with Crippen LogP contribution in [-0.4, -0.2) is 50.1 Å². The van der Waals surface area contributed by atoms with Crippen molar-refractivity contribution in [2.24, 2.45) is 0 Å². The number of carbonyl (C=O) groups is 1. The first-order valence-corrected chi connectivity index (χ1v) is 7.56. The summed E-state index contributed by atoms with van der Waals surface area (Å²) in [6, 6.07) is 5.29. The molecule has 116 valence electrons. The molecule has 2 N–H and O–H groups in total. The van der Waals surface area contributed by atoms with E-state index in [1.807, 2.05) is 6.92 Å². The summed E-state index contributed by atoms with van der Waals surface area (Å²) in [5, 5.41) is 0. The number of nitrogen functional groups attached to an aromatic ring is 1. The predicted molar refractivity (Wildman–Crippen MR) is 82.8 cm³/mol. The molecule has 0 radical (unpaired) electrons. The van der Waals surface area contributed by atoms with Gasteiger partial charge in [-0.3, -0.25) is 9.69 Å². The minimum atomic E-state index is 0.121. The Morgan fingerprint density at radius 3 is 2.81 bits per heavy atom. The highest BCUT2D eigenvalue weighted by Crippen LogP contribution is 2.23. The SMILES string of the molecule is CCCOc1ccc(C(=O)CCN2CCOCC2)cc1N. The second kappa shape index (κ2) is 8.00. The first-order valence-electron chi connectivity index (χ1n) is 7.56.